The van der Waals surface area contributed by atoms with Crippen molar-refractivity contribution in [1.82, 2.24) is 4.90 Å². The topological polar surface area (TPSA) is 94.1 Å². The fourth-order valence-corrected chi connectivity index (χ4v) is 4.34. The van der Waals surface area contributed by atoms with E-state index < -0.39 is 23.8 Å². The number of rotatable bonds is 5. The summed E-state index contributed by atoms with van der Waals surface area (Å²) in [5, 5.41) is 5.86. The van der Waals surface area contributed by atoms with Crippen molar-refractivity contribution >= 4 is 53.2 Å². The van der Waals surface area contributed by atoms with Gasteiger partial charge in [0.05, 0.1) is 5.69 Å². The van der Waals surface area contributed by atoms with E-state index in [4.69, 9.17) is 11.6 Å². The van der Waals surface area contributed by atoms with Crippen LogP contribution in [0.1, 0.15) is 25.7 Å². The molecule has 0 bridgehead atoms. The van der Waals surface area contributed by atoms with E-state index in [2.05, 4.69) is 22.3 Å². The Morgan fingerprint density at radius 1 is 1.14 bits per heavy atom. The highest BCUT2D eigenvalue weighted by Gasteiger charge is 2.37. The monoisotopic (exact) mass is 497 g/mol. The number of hydrogen-bond donors (Lipinski definition) is 2. The van der Waals surface area contributed by atoms with Crippen molar-refractivity contribution in [3.8, 4) is 0 Å². The number of nitrogens with zero attached hydrogens (tertiary/aromatic N) is 3. The van der Waals surface area contributed by atoms with Crippen molar-refractivity contribution in [2.24, 2.45) is 4.99 Å². The molecule has 10 heteroatoms. The summed E-state index contributed by atoms with van der Waals surface area (Å²) in [6.07, 6.45) is 3.87. The first-order chi connectivity index (χ1) is 16.9. The van der Waals surface area contributed by atoms with Crippen molar-refractivity contribution < 1.29 is 18.8 Å². The Hall–Kier alpha value is -3.72. The summed E-state index contributed by atoms with van der Waals surface area (Å²) in [6.45, 7) is 4.15. The van der Waals surface area contributed by atoms with E-state index in [-0.39, 0.29) is 24.6 Å². The first kappa shape index (κ1) is 24.4. The maximum atomic E-state index is 14.9. The molecule has 0 aliphatic carbocycles. The summed E-state index contributed by atoms with van der Waals surface area (Å²) in [4.78, 5) is 44.9. The molecule has 2 saturated heterocycles. The number of halogens is 2. The van der Waals surface area contributed by atoms with Gasteiger partial charge in [0.2, 0.25) is 11.8 Å². The van der Waals surface area contributed by atoms with Crippen LogP contribution in [-0.2, 0) is 9.59 Å². The molecule has 2 aromatic rings. The molecule has 0 unspecified atom stereocenters. The van der Waals surface area contributed by atoms with Crippen molar-refractivity contribution in [3.05, 3.63) is 65.1 Å². The van der Waals surface area contributed by atoms with Crippen molar-refractivity contribution in [2.45, 2.75) is 31.7 Å². The largest absolute Gasteiger partial charge is 0.322 e. The molecule has 8 nitrogen and oxygen atoms in total. The highest BCUT2D eigenvalue weighted by molar-refractivity contribution is 6.30. The molecule has 0 aromatic heterocycles. The third-order valence-electron chi connectivity index (χ3n) is 5.98. The number of urea groups is 1. The molecule has 2 aliphatic rings. The van der Waals surface area contributed by atoms with Crippen molar-refractivity contribution in [3.63, 3.8) is 0 Å². The zero-order valence-corrected chi connectivity index (χ0v) is 19.7. The maximum Gasteiger partial charge on any atom is 0.322 e. The first-order valence-corrected chi connectivity index (χ1v) is 11.6. The number of likely N-dealkylation sites (tertiary alicyclic amines) is 1. The van der Waals surface area contributed by atoms with Crippen LogP contribution in [0.2, 0.25) is 5.02 Å². The molecule has 2 fully saturated rings. The number of hydrogen-bond acceptors (Lipinski definition) is 4. The van der Waals surface area contributed by atoms with Gasteiger partial charge in [-0.1, -0.05) is 11.6 Å². The second kappa shape index (κ2) is 10.7. The van der Waals surface area contributed by atoms with E-state index >= 15 is 0 Å². The van der Waals surface area contributed by atoms with E-state index in [1.807, 2.05) is 0 Å². The molecule has 1 atom stereocenters. The van der Waals surface area contributed by atoms with Gasteiger partial charge in [-0.15, -0.1) is 0 Å². The number of carbonyl (C=O) groups is 3. The fraction of sp³-hybridized carbons (Fsp3) is 0.280. The van der Waals surface area contributed by atoms with E-state index in [1.54, 1.807) is 35.2 Å². The van der Waals surface area contributed by atoms with Crippen LogP contribution in [0.15, 0.2) is 59.2 Å². The highest BCUT2D eigenvalue weighted by atomic mass is 35.5. The Labute approximate surface area is 207 Å². The van der Waals surface area contributed by atoms with Gasteiger partial charge < -0.3 is 20.4 Å². The molecule has 182 valence electrons. The molecule has 0 spiro atoms. The van der Waals surface area contributed by atoms with E-state index in [1.165, 1.54) is 23.2 Å². The van der Waals surface area contributed by atoms with Crippen LogP contribution in [0, 0.1) is 5.82 Å². The highest BCUT2D eigenvalue weighted by Crippen LogP contribution is 2.28. The number of benzene rings is 2. The molecule has 35 heavy (non-hydrogen) atoms. The summed E-state index contributed by atoms with van der Waals surface area (Å²) >= 11 is 5.89. The molecule has 4 amide bonds. The molecule has 2 aliphatic heterocycles. The van der Waals surface area contributed by atoms with Gasteiger partial charge in [0.25, 0.3) is 0 Å². The van der Waals surface area contributed by atoms with Crippen LogP contribution in [0.3, 0.4) is 0 Å². The van der Waals surface area contributed by atoms with Crippen LogP contribution in [0.5, 0.6) is 0 Å². The molecule has 0 saturated carbocycles. The smallest absolute Gasteiger partial charge is 0.322 e. The molecular formula is C25H25ClFN5O3. The summed E-state index contributed by atoms with van der Waals surface area (Å²) in [5.41, 5.74) is 1.69. The SMILES string of the molecule is C=NC=C1C[C@H](C(=O)Nc2ccc(N3CCCCC3=O)cc2F)N(C(=O)Nc2ccc(Cl)cc2)C1. The minimum Gasteiger partial charge on any atom is -0.322 e. The van der Waals surface area contributed by atoms with Crippen LogP contribution in [0.25, 0.3) is 0 Å². The van der Waals surface area contributed by atoms with Gasteiger partial charge >= 0.3 is 6.03 Å². The normalized spacial score (nSPS) is 19.1. The maximum absolute atomic E-state index is 14.9. The van der Waals surface area contributed by atoms with Crippen LogP contribution in [-0.4, -0.2) is 48.6 Å². The third-order valence-corrected chi connectivity index (χ3v) is 6.24. The minimum absolute atomic E-state index is 0.0273. The van der Waals surface area contributed by atoms with E-state index in [0.717, 1.165) is 18.4 Å². The number of amides is 4. The number of carbonyl (C=O) groups excluding carboxylic acids is 3. The zero-order valence-electron chi connectivity index (χ0n) is 19.0. The molecule has 2 heterocycles. The number of nitrogens with one attached hydrogen (secondary N) is 2. The molecule has 2 N–H and O–H groups in total. The Morgan fingerprint density at radius 2 is 1.91 bits per heavy atom. The predicted octanol–water partition coefficient (Wildman–Crippen LogP) is 4.83. The summed E-state index contributed by atoms with van der Waals surface area (Å²) in [6, 6.07) is 9.50. The number of piperidine rings is 1. The number of aliphatic imine (C=N–C) groups is 1. The second-order valence-electron chi connectivity index (χ2n) is 8.41. The average molecular weight is 498 g/mol. The minimum atomic E-state index is -0.877. The Bertz CT molecular complexity index is 1180. The lowest BCUT2D eigenvalue weighted by Gasteiger charge is -2.27. The standard InChI is InChI=1S/C25H25ClFN5O3/c1-28-14-16-12-22(32(15-16)25(35)29-18-7-5-17(26)6-8-18)24(34)30-21-10-9-19(13-20(21)27)31-11-3-2-4-23(31)33/h5-10,13-14,22H,1-4,11-12,15H2,(H,29,35)(H,30,34)/t22-/m1/s1. The average Bonchev–Trinajstić information content (AvgIpc) is 3.27. The summed E-state index contributed by atoms with van der Waals surface area (Å²) < 4.78 is 14.9. The van der Waals surface area contributed by atoms with Crippen molar-refractivity contribution in [1.29, 1.82) is 0 Å². The van der Waals surface area contributed by atoms with Gasteiger partial charge in [0.15, 0.2) is 0 Å². The van der Waals surface area contributed by atoms with Gasteiger partial charge in [-0.05, 0) is 67.6 Å². The Balaban J connectivity index is 1.49. The third kappa shape index (κ3) is 5.68. The lowest BCUT2D eigenvalue weighted by molar-refractivity contribution is -0.120. The zero-order chi connectivity index (χ0) is 24.9. The Morgan fingerprint density at radius 3 is 2.60 bits per heavy atom. The second-order valence-corrected chi connectivity index (χ2v) is 8.85. The van der Waals surface area contributed by atoms with Gasteiger partial charge in [0.1, 0.15) is 11.9 Å². The molecular weight excluding hydrogens is 473 g/mol. The molecule has 4 rings (SSSR count). The van der Waals surface area contributed by atoms with E-state index in [0.29, 0.717) is 29.4 Å². The Kier molecular flexibility index (Phi) is 7.45. The first-order valence-electron chi connectivity index (χ1n) is 11.2. The van der Waals surface area contributed by atoms with Crippen LogP contribution in [0.4, 0.5) is 26.2 Å². The van der Waals surface area contributed by atoms with Crippen LogP contribution >= 0.6 is 11.6 Å². The van der Waals surface area contributed by atoms with Gasteiger partial charge in [-0.3, -0.25) is 14.6 Å². The predicted molar refractivity (Wildman–Crippen MR) is 134 cm³/mol. The van der Waals surface area contributed by atoms with Gasteiger partial charge in [-0.25, -0.2) is 9.18 Å². The van der Waals surface area contributed by atoms with Crippen LogP contribution < -0.4 is 15.5 Å². The fourth-order valence-electron chi connectivity index (χ4n) is 4.22. The van der Waals surface area contributed by atoms with Gasteiger partial charge in [0, 0.05) is 48.5 Å². The lowest BCUT2D eigenvalue weighted by atomic mass is 10.1. The molecule has 0 radical (unpaired) electrons. The summed E-state index contributed by atoms with van der Waals surface area (Å²) in [5.74, 6) is -1.24. The van der Waals surface area contributed by atoms with Crippen molar-refractivity contribution in [2.75, 3.05) is 28.6 Å². The number of anilines is 3. The molecule has 2 aromatic carbocycles. The van der Waals surface area contributed by atoms with Gasteiger partial charge in [-0.2, -0.15) is 0 Å². The van der Waals surface area contributed by atoms with E-state index in [9.17, 15) is 18.8 Å². The summed E-state index contributed by atoms with van der Waals surface area (Å²) in [7, 11) is 0. The quantitative estimate of drug-likeness (QED) is 0.579. The lowest BCUT2D eigenvalue weighted by Crippen LogP contribution is -2.45.